The van der Waals surface area contributed by atoms with E-state index in [-0.39, 0.29) is 12.1 Å². The number of nitrogens with one attached hydrogen (secondary N) is 1. The average molecular weight is 303 g/mol. The summed E-state index contributed by atoms with van der Waals surface area (Å²) in [5, 5.41) is 4.05. The third-order valence-electron chi connectivity index (χ3n) is 3.57. The highest BCUT2D eigenvalue weighted by Gasteiger charge is 2.41. The second-order valence-corrected chi connectivity index (χ2v) is 5.21. The number of methoxy groups -OCH3 is 1. The van der Waals surface area contributed by atoms with E-state index >= 15 is 0 Å². The molecular weight excluding hydrogens is 286 g/mol. The molecule has 3 heterocycles. The maximum absolute atomic E-state index is 5.62. The number of thiocarbonyl (C=S) groups is 1. The normalized spacial score (nSPS) is 21.6. The molecule has 0 spiro atoms. The first-order chi connectivity index (χ1) is 10.3. The first-order valence-corrected chi connectivity index (χ1v) is 7.22. The van der Waals surface area contributed by atoms with Crippen molar-refractivity contribution in [3.05, 3.63) is 54.2 Å². The fraction of sp³-hybridized carbons (Fsp3) is 0.333. The molecule has 1 aliphatic heterocycles. The lowest BCUT2D eigenvalue weighted by Gasteiger charge is -2.25. The molecule has 110 valence electrons. The number of pyridine rings is 1. The number of hydrogen-bond acceptors (Lipinski definition) is 4. The lowest BCUT2D eigenvalue weighted by molar-refractivity contribution is 0.158. The second-order valence-electron chi connectivity index (χ2n) is 4.83. The number of furan rings is 1. The van der Waals surface area contributed by atoms with Crippen molar-refractivity contribution < 1.29 is 9.15 Å². The molecule has 1 fully saturated rings. The summed E-state index contributed by atoms with van der Waals surface area (Å²) in [4.78, 5) is 6.54. The van der Waals surface area contributed by atoms with Gasteiger partial charge in [-0.15, -0.1) is 0 Å². The molecule has 21 heavy (non-hydrogen) atoms. The topological polar surface area (TPSA) is 50.5 Å². The Balaban J connectivity index is 1.94. The molecule has 0 aromatic carbocycles. The highest BCUT2D eigenvalue weighted by atomic mass is 32.1. The number of nitrogens with zero attached hydrogens (tertiary/aromatic N) is 2. The van der Waals surface area contributed by atoms with Gasteiger partial charge >= 0.3 is 0 Å². The molecule has 0 aliphatic carbocycles. The molecule has 2 atom stereocenters. The molecule has 1 aliphatic rings. The zero-order valence-corrected chi connectivity index (χ0v) is 12.5. The van der Waals surface area contributed by atoms with E-state index in [1.165, 1.54) is 0 Å². The van der Waals surface area contributed by atoms with Crippen LogP contribution in [0, 0.1) is 0 Å². The fourth-order valence-corrected chi connectivity index (χ4v) is 2.94. The van der Waals surface area contributed by atoms with Crippen LogP contribution in [0.25, 0.3) is 0 Å². The van der Waals surface area contributed by atoms with Crippen molar-refractivity contribution in [3.8, 4) is 0 Å². The molecule has 5 nitrogen and oxygen atoms in total. The van der Waals surface area contributed by atoms with Gasteiger partial charge in [0, 0.05) is 19.9 Å². The van der Waals surface area contributed by atoms with Crippen LogP contribution in [-0.4, -0.2) is 35.3 Å². The van der Waals surface area contributed by atoms with Gasteiger partial charge in [0.2, 0.25) is 0 Å². The van der Waals surface area contributed by atoms with Crippen LogP contribution < -0.4 is 5.32 Å². The molecule has 6 heteroatoms. The largest absolute Gasteiger partial charge is 0.467 e. The van der Waals surface area contributed by atoms with Crippen LogP contribution in [0.1, 0.15) is 23.5 Å². The Morgan fingerprint density at radius 1 is 1.38 bits per heavy atom. The van der Waals surface area contributed by atoms with Gasteiger partial charge in [-0.05, 0) is 36.5 Å². The number of hydrogen-bond donors (Lipinski definition) is 1. The van der Waals surface area contributed by atoms with Crippen LogP contribution in [0.4, 0.5) is 0 Å². The lowest BCUT2D eigenvalue weighted by Crippen LogP contribution is -2.32. The Kier molecular flexibility index (Phi) is 4.17. The minimum absolute atomic E-state index is 0.0162. The van der Waals surface area contributed by atoms with E-state index in [2.05, 4.69) is 15.2 Å². The highest BCUT2D eigenvalue weighted by Crippen LogP contribution is 2.38. The third kappa shape index (κ3) is 2.77. The molecule has 0 saturated carbocycles. The van der Waals surface area contributed by atoms with E-state index in [9.17, 15) is 0 Å². The summed E-state index contributed by atoms with van der Waals surface area (Å²) in [7, 11) is 1.69. The van der Waals surface area contributed by atoms with Crippen molar-refractivity contribution >= 4 is 17.3 Å². The molecule has 2 aromatic heterocycles. The van der Waals surface area contributed by atoms with Crippen molar-refractivity contribution in [1.29, 1.82) is 0 Å². The van der Waals surface area contributed by atoms with Crippen molar-refractivity contribution in [1.82, 2.24) is 15.2 Å². The van der Waals surface area contributed by atoms with Gasteiger partial charge in [0.1, 0.15) is 11.8 Å². The van der Waals surface area contributed by atoms with Crippen LogP contribution in [0.2, 0.25) is 0 Å². The summed E-state index contributed by atoms with van der Waals surface area (Å²) in [5.74, 6) is 0.870. The predicted octanol–water partition coefficient (Wildman–Crippen LogP) is 2.29. The minimum atomic E-state index is -0.0262. The van der Waals surface area contributed by atoms with Gasteiger partial charge in [0.25, 0.3) is 0 Å². The van der Waals surface area contributed by atoms with E-state index in [1.807, 2.05) is 30.3 Å². The molecular formula is C15H17N3O2S. The molecule has 2 aromatic rings. The Labute approximate surface area is 128 Å². The van der Waals surface area contributed by atoms with E-state index < -0.39 is 0 Å². The third-order valence-corrected chi connectivity index (χ3v) is 3.92. The van der Waals surface area contributed by atoms with Crippen LogP contribution in [0.5, 0.6) is 0 Å². The Bertz CT molecular complexity index is 588. The van der Waals surface area contributed by atoms with Gasteiger partial charge in [-0.25, -0.2) is 0 Å². The fourth-order valence-electron chi connectivity index (χ4n) is 2.60. The Morgan fingerprint density at radius 2 is 2.29 bits per heavy atom. The SMILES string of the molecule is COCCN1C(=S)N[C@@H](c2ccccn2)[C@@H]1c1ccco1. The Hall–Kier alpha value is -1.92. The molecule has 0 bridgehead atoms. The zero-order valence-electron chi connectivity index (χ0n) is 11.7. The van der Waals surface area contributed by atoms with Crippen LogP contribution in [0.3, 0.4) is 0 Å². The van der Waals surface area contributed by atoms with Crippen molar-refractivity contribution in [2.75, 3.05) is 20.3 Å². The molecule has 0 amide bonds. The number of aromatic nitrogens is 1. The molecule has 0 unspecified atom stereocenters. The van der Waals surface area contributed by atoms with E-state index in [0.29, 0.717) is 18.3 Å². The van der Waals surface area contributed by atoms with Gasteiger partial charge < -0.3 is 19.4 Å². The van der Waals surface area contributed by atoms with Crippen molar-refractivity contribution in [3.63, 3.8) is 0 Å². The summed E-state index contributed by atoms with van der Waals surface area (Å²) in [6.07, 6.45) is 3.47. The van der Waals surface area contributed by atoms with Crippen LogP contribution in [-0.2, 0) is 4.74 Å². The summed E-state index contributed by atoms with van der Waals surface area (Å²) in [5.41, 5.74) is 0.946. The standard InChI is InChI=1S/C15H17N3O2S/c1-19-10-8-18-14(12-6-4-9-20-12)13(17-15(18)21)11-5-2-3-7-16-11/h2-7,9,13-14H,8,10H2,1H3,(H,17,21)/t13-,14-/m0/s1. The van der Waals surface area contributed by atoms with Crippen molar-refractivity contribution in [2.24, 2.45) is 0 Å². The number of rotatable bonds is 5. The van der Waals surface area contributed by atoms with Crippen LogP contribution >= 0.6 is 12.2 Å². The quantitative estimate of drug-likeness (QED) is 0.855. The molecule has 1 N–H and O–H groups in total. The maximum atomic E-state index is 5.62. The van der Waals surface area contributed by atoms with Gasteiger partial charge in [-0.3, -0.25) is 4.98 Å². The monoisotopic (exact) mass is 303 g/mol. The summed E-state index contributed by atoms with van der Waals surface area (Å²) >= 11 is 5.47. The first kappa shape index (κ1) is 14.0. The van der Waals surface area contributed by atoms with E-state index in [4.69, 9.17) is 21.4 Å². The molecule has 3 rings (SSSR count). The minimum Gasteiger partial charge on any atom is -0.467 e. The van der Waals surface area contributed by atoms with Gasteiger partial charge in [-0.1, -0.05) is 6.07 Å². The number of ether oxygens (including phenoxy) is 1. The van der Waals surface area contributed by atoms with Gasteiger partial charge in [0.05, 0.1) is 24.6 Å². The van der Waals surface area contributed by atoms with E-state index in [1.54, 1.807) is 19.6 Å². The van der Waals surface area contributed by atoms with Crippen LogP contribution in [0.15, 0.2) is 47.2 Å². The Morgan fingerprint density at radius 3 is 2.95 bits per heavy atom. The van der Waals surface area contributed by atoms with E-state index in [0.717, 1.165) is 11.5 Å². The maximum Gasteiger partial charge on any atom is 0.170 e. The van der Waals surface area contributed by atoms with Gasteiger partial charge in [0.15, 0.2) is 5.11 Å². The first-order valence-electron chi connectivity index (χ1n) is 6.81. The van der Waals surface area contributed by atoms with Crippen molar-refractivity contribution in [2.45, 2.75) is 12.1 Å². The zero-order chi connectivity index (χ0) is 14.7. The lowest BCUT2D eigenvalue weighted by atomic mass is 10.0. The molecule has 0 radical (unpaired) electrons. The smallest absolute Gasteiger partial charge is 0.170 e. The highest BCUT2D eigenvalue weighted by molar-refractivity contribution is 7.80. The summed E-state index contributed by atoms with van der Waals surface area (Å²) in [6, 6.07) is 9.69. The molecule has 1 saturated heterocycles. The van der Waals surface area contributed by atoms with Gasteiger partial charge in [-0.2, -0.15) is 0 Å². The predicted molar refractivity (Wildman–Crippen MR) is 82.7 cm³/mol. The summed E-state index contributed by atoms with van der Waals surface area (Å²) in [6.45, 7) is 1.31. The summed E-state index contributed by atoms with van der Waals surface area (Å²) < 4.78 is 10.8. The second kappa shape index (κ2) is 6.24. The average Bonchev–Trinajstić information content (AvgIpc) is 3.13.